The number of piperazine rings is 1. The summed E-state index contributed by atoms with van der Waals surface area (Å²) in [6, 6.07) is 5.95. The average molecular weight is 431 g/mol. The fourth-order valence-corrected chi connectivity index (χ4v) is 6.56. The van der Waals surface area contributed by atoms with E-state index in [2.05, 4.69) is 5.32 Å². The molecular formula is C17H26N4O5S2. The number of rotatable bonds is 5. The number of sulfonamides is 1. The summed E-state index contributed by atoms with van der Waals surface area (Å²) < 4.78 is 55.4. The molecule has 1 N–H and O–H groups in total. The zero-order chi connectivity index (χ0) is 20.4. The monoisotopic (exact) mass is 430 g/mol. The first-order chi connectivity index (χ1) is 13.2. The molecule has 1 aromatic rings. The van der Waals surface area contributed by atoms with Crippen LogP contribution >= 0.6 is 0 Å². The highest BCUT2D eigenvalue weighted by Gasteiger charge is 2.36. The van der Waals surface area contributed by atoms with Crippen LogP contribution in [0.3, 0.4) is 0 Å². The number of hydrogen-bond acceptors (Lipinski definition) is 5. The van der Waals surface area contributed by atoms with Gasteiger partial charge in [0.2, 0.25) is 15.9 Å². The smallest absolute Gasteiger partial charge is 0.282 e. The highest BCUT2D eigenvalue weighted by atomic mass is 32.2. The molecule has 2 fully saturated rings. The summed E-state index contributed by atoms with van der Waals surface area (Å²) in [5.74, 6) is -0.235. The zero-order valence-corrected chi connectivity index (χ0v) is 17.5. The van der Waals surface area contributed by atoms with Gasteiger partial charge in [-0.05, 0) is 37.1 Å². The molecule has 11 heteroatoms. The molecule has 0 aliphatic carbocycles. The Hall–Kier alpha value is -1.53. The molecule has 0 bridgehead atoms. The van der Waals surface area contributed by atoms with Crippen molar-refractivity contribution in [3.05, 3.63) is 24.3 Å². The number of piperidine rings is 1. The SMILES string of the molecule is CC(=O)Nc1ccc(S(=O)(=O)N2CCN(S(=O)(=O)N3CCCCC3)CC2)cc1. The molecule has 0 aromatic heterocycles. The van der Waals surface area contributed by atoms with Gasteiger partial charge in [-0.2, -0.15) is 21.3 Å². The zero-order valence-electron chi connectivity index (χ0n) is 15.9. The Morgan fingerprint density at radius 1 is 0.786 bits per heavy atom. The summed E-state index contributed by atoms with van der Waals surface area (Å²) in [6.45, 7) is 2.95. The standard InChI is InChI=1S/C17H26N4O5S2/c1-15(22)18-16-5-7-17(8-6-16)27(23,24)19-11-13-21(14-12-19)28(25,26)20-9-3-2-4-10-20/h5-8H,2-4,9-14H2,1H3,(H,18,22). The first-order valence-corrected chi connectivity index (χ1v) is 12.2. The second-order valence-corrected chi connectivity index (χ2v) is 10.8. The number of amides is 1. The highest BCUT2D eigenvalue weighted by molar-refractivity contribution is 7.89. The number of benzene rings is 1. The van der Waals surface area contributed by atoms with Gasteiger partial charge in [-0.1, -0.05) is 6.42 Å². The molecule has 2 aliphatic heterocycles. The lowest BCUT2D eigenvalue weighted by Gasteiger charge is -2.37. The minimum absolute atomic E-state index is 0.114. The molecule has 156 valence electrons. The Balaban J connectivity index is 1.65. The van der Waals surface area contributed by atoms with Gasteiger partial charge in [-0.25, -0.2) is 8.42 Å². The molecule has 0 saturated carbocycles. The molecule has 1 aromatic carbocycles. The molecule has 3 rings (SSSR count). The van der Waals surface area contributed by atoms with E-state index in [1.807, 2.05) is 0 Å². The van der Waals surface area contributed by atoms with Crippen LogP contribution in [0.5, 0.6) is 0 Å². The maximum atomic E-state index is 12.8. The van der Waals surface area contributed by atoms with Crippen LogP contribution in [0.15, 0.2) is 29.2 Å². The fraction of sp³-hybridized carbons (Fsp3) is 0.588. The fourth-order valence-electron chi connectivity index (χ4n) is 3.46. The van der Waals surface area contributed by atoms with Crippen LogP contribution in [0.1, 0.15) is 26.2 Å². The summed E-state index contributed by atoms with van der Waals surface area (Å²) >= 11 is 0. The van der Waals surface area contributed by atoms with Gasteiger partial charge in [0.15, 0.2) is 0 Å². The van der Waals surface area contributed by atoms with E-state index in [0.29, 0.717) is 18.8 Å². The maximum Gasteiger partial charge on any atom is 0.282 e. The summed E-state index contributed by atoms with van der Waals surface area (Å²) in [5.41, 5.74) is 0.517. The predicted molar refractivity (Wildman–Crippen MR) is 105 cm³/mol. The van der Waals surface area contributed by atoms with Gasteiger partial charge in [0.05, 0.1) is 4.90 Å². The third-order valence-corrected chi connectivity index (χ3v) is 8.93. The van der Waals surface area contributed by atoms with Gasteiger partial charge < -0.3 is 5.32 Å². The molecule has 0 atom stereocenters. The van der Waals surface area contributed by atoms with Crippen molar-refractivity contribution in [1.82, 2.24) is 12.9 Å². The van der Waals surface area contributed by atoms with Crippen LogP contribution in [0.4, 0.5) is 5.69 Å². The van der Waals surface area contributed by atoms with Gasteiger partial charge >= 0.3 is 0 Å². The number of nitrogens with zero attached hydrogens (tertiary/aromatic N) is 3. The van der Waals surface area contributed by atoms with Crippen molar-refractivity contribution < 1.29 is 21.6 Å². The molecule has 2 saturated heterocycles. The number of carbonyl (C=O) groups is 1. The molecule has 0 spiro atoms. The molecule has 9 nitrogen and oxygen atoms in total. The lowest BCUT2D eigenvalue weighted by molar-refractivity contribution is -0.114. The largest absolute Gasteiger partial charge is 0.326 e. The lowest BCUT2D eigenvalue weighted by Crippen LogP contribution is -2.54. The van der Waals surface area contributed by atoms with Crippen LogP contribution in [-0.2, 0) is 25.0 Å². The van der Waals surface area contributed by atoms with E-state index >= 15 is 0 Å². The first-order valence-electron chi connectivity index (χ1n) is 9.34. The molecule has 0 unspecified atom stereocenters. The summed E-state index contributed by atoms with van der Waals surface area (Å²) in [4.78, 5) is 11.2. The van der Waals surface area contributed by atoms with Gasteiger partial charge in [-0.3, -0.25) is 4.79 Å². The third kappa shape index (κ3) is 4.54. The van der Waals surface area contributed by atoms with Crippen molar-refractivity contribution in [2.45, 2.75) is 31.1 Å². The van der Waals surface area contributed by atoms with Crippen molar-refractivity contribution in [1.29, 1.82) is 0 Å². The van der Waals surface area contributed by atoms with Crippen molar-refractivity contribution >= 4 is 31.8 Å². The molecule has 2 heterocycles. The quantitative estimate of drug-likeness (QED) is 0.739. The normalized spacial score (nSPS) is 20.8. The first kappa shape index (κ1) is 21.2. The van der Waals surface area contributed by atoms with Crippen LogP contribution in [0, 0.1) is 0 Å². The molecular weight excluding hydrogens is 404 g/mol. The summed E-state index contributed by atoms with van der Waals surface area (Å²) in [5, 5.41) is 2.59. The number of nitrogens with one attached hydrogen (secondary N) is 1. The lowest BCUT2D eigenvalue weighted by atomic mass is 10.2. The Morgan fingerprint density at radius 2 is 1.29 bits per heavy atom. The van der Waals surface area contributed by atoms with Crippen LogP contribution in [0.2, 0.25) is 0 Å². The van der Waals surface area contributed by atoms with Gasteiger partial charge in [-0.15, -0.1) is 0 Å². The molecule has 28 heavy (non-hydrogen) atoms. The van der Waals surface area contributed by atoms with E-state index in [1.165, 1.54) is 44.1 Å². The topological polar surface area (TPSA) is 107 Å². The van der Waals surface area contributed by atoms with Crippen LogP contribution in [-0.4, -0.2) is 74.9 Å². The van der Waals surface area contributed by atoms with E-state index in [9.17, 15) is 21.6 Å². The number of hydrogen-bond donors (Lipinski definition) is 1. The van der Waals surface area contributed by atoms with Crippen molar-refractivity contribution in [2.75, 3.05) is 44.6 Å². The van der Waals surface area contributed by atoms with E-state index < -0.39 is 20.2 Å². The second-order valence-electron chi connectivity index (χ2n) is 6.98. The molecule has 2 aliphatic rings. The van der Waals surface area contributed by atoms with Gasteiger partial charge in [0, 0.05) is 51.9 Å². The summed E-state index contributed by atoms with van der Waals surface area (Å²) in [7, 11) is -7.25. The van der Waals surface area contributed by atoms with Crippen molar-refractivity contribution in [3.63, 3.8) is 0 Å². The third-order valence-electron chi connectivity index (χ3n) is 4.98. The van der Waals surface area contributed by atoms with E-state index in [1.54, 1.807) is 0 Å². The minimum atomic E-state index is -3.72. The number of carbonyl (C=O) groups excluding carboxylic acids is 1. The van der Waals surface area contributed by atoms with E-state index in [0.717, 1.165) is 19.3 Å². The maximum absolute atomic E-state index is 12.8. The number of anilines is 1. The van der Waals surface area contributed by atoms with Crippen molar-refractivity contribution in [3.8, 4) is 0 Å². The minimum Gasteiger partial charge on any atom is -0.326 e. The average Bonchev–Trinajstić information content (AvgIpc) is 2.69. The Kier molecular flexibility index (Phi) is 6.40. The molecule has 0 radical (unpaired) electrons. The van der Waals surface area contributed by atoms with Crippen LogP contribution in [0.25, 0.3) is 0 Å². The van der Waals surface area contributed by atoms with Crippen molar-refractivity contribution in [2.24, 2.45) is 0 Å². The van der Waals surface area contributed by atoms with Gasteiger partial charge in [0.1, 0.15) is 0 Å². The van der Waals surface area contributed by atoms with E-state index in [-0.39, 0.29) is 37.0 Å². The second kappa shape index (κ2) is 8.46. The van der Waals surface area contributed by atoms with Gasteiger partial charge in [0.25, 0.3) is 10.2 Å². The Bertz CT molecular complexity index is 901. The van der Waals surface area contributed by atoms with E-state index in [4.69, 9.17) is 0 Å². The Morgan fingerprint density at radius 3 is 1.82 bits per heavy atom. The van der Waals surface area contributed by atoms with Crippen LogP contribution < -0.4 is 5.32 Å². The molecule has 1 amide bonds. The predicted octanol–water partition coefficient (Wildman–Crippen LogP) is 0.682. The highest BCUT2D eigenvalue weighted by Crippen LogP contribution is 2.22. The Labute approximate surface area is 166 Å². The summed E-state index contributed by atoms with van der Waals surface area (Å²) in [6.07, 6.45) is 2.77.